The Morgan fingerprint density at radius 1 is 1.31 bits per heavy atom. The number of anilines is 1. The summed E-state index contributed by atoms with van der Waals surface area (Å²) in [5, 5.41) is 0. The van der Waals surface area contributed by atoms with Crippen molar-refractivity contribution in [2.75, 3.05) is 17.5 Å². The van der Waals surface area contributed by atoms with Gasteiger partial charge in [-0.3, -0.25) is 9.59 Å². The summed E-state index contributed by atoms with van der Waals surface area (Å²) in [4.78, 5) is 25.0. The second-order valence-corrected chi connectivity index (χ2v) is 9.10. The maximum atomic E-state index is 13.3. The third kappa shape index (κ3) is 2.98. The van der Waals surface area contributed by atoms with E-state index in [-0.39, 0.29) is 24.4 Å². The Labute approximate surface area is 162 Å². The van der Waals surface area contributed by atoms with Crippen molar-refractivity contribution >= 4 is 51.0 Å². The van der Waals surface area contributed by atoms with Crippen LogP contribution in [0, 0.1) is 0 Å². The van der Waals surface area contributed by atoms with Crippen LogP contribution in [0.3, 0.4) is 0 Å². The van der Waals surface area contributed by atoms with E-state index in [1.165, 1.54) is 12.1 Å². The molecule has 0 aromatic heterocycles. The SMILES string of the molecule is CCOC(=O)C1CCCCN1S(=O)(=O)N1C(=O)C(Cl)(Cl)c2ccccc21. The quantitative estimate of drug-likeness (QED) is 0.551. The van der Waals surface area contributed by atoms with Crippen LogP contribution in [0.15, 0.2) is 24.3 Å². The Kier molecular flexibility index (Phi) is 5.22. The molecule has 0 aliphatic carbocycles. The Morgan fingerprint density at radius 2 is 2.00 bits per heavy atom. The second kappa shape index (κ2) is 6.99. The molecule has 0 radical (unpaired) electrons. The number of amides is 1. The molecule has 0 bridgehead atoms. The number of esters is 1. The van der Waals surface area contributed by atoms with E-state index < -0.39 is 32.5 Å². The zero-order valence-corrected chi connectivity index (χ0v) is 16.4. The monoisotopic (exact) mass is 420 g/mol. The van der Waals surface area contributed by atoms with E-state index in [0.29, 0.717) is 23.6 Å². The van der Waals surface area contributed by atoms with Crippen LogP contribution < -0.4 is 4.31 Å². The maximum absolute atomic E-state index is 13.3. The average Bonchev–Trinajstić information content (AvgIpc) is 2.82. The van der Waals surface area contributed by atoms with Gasteiger partial charge in [-0.25, -0.2) is 0 Å². The van der Waals surface area contributed by atoms with E-state index in [1.807, 2.05) is 0 Å². The first-order valence-electron chi connectivity index (χ1n) is 8.23. The highest BCUT2D eigenvalue weighted by Gasteiger charge is 2.55. The molecular weight excluding hydrogens is 403 g/mol. The highest BCUT2D eigenvalue weighted by molar-refractivity contribution is 7.91. The first kappa shape index (κ1) is 19.4. The fourth-order valence-corrected chi connectivity index (χ4v) is 5.68. The molecule has 1 aromatic rings. The van der Waals surface area contributed by atoms with Crippen LogP contribution in [-0.2, 0) is 28.9 Å². The molecule has 3 rings (SSSR count). The summed E-state index contributed by atoms with van der Waals surface area (Å²) in [7, 11) is -4.36. The van der Waals surface area contributed by atoms with E-state index in [1.54, 1.807) is 19.1 Å². The number of fused-ring (bicyclic) bond motifs is 1. The predicted octanol–water partition coefficient (Wildman–Crippen LogP) is 2.33. The third-order valence-electron chi connectivity index (χ3n) is 4.45. The van der Waals surface area contributed by atoms with Gasteiger partial charge in [0.2, 0.25) is 4.33 Å². The average molecular weight is 421 g/mol. The molecule has 2 heterocycles. The number of carbonyl (C=O) groups is 2. The van der Waals surface area contributed by atoms with Gasteiger partial charge in [-0.2, -0.15) is 17.0 Å². The molecule has 0 saturated carbocycles. The molecule has 26 heavy (non-hydrogen) atoms. The van der Waals surface area contributed by atoms with Crippen molar-refractivity contribution in [2.45, 2.75) is 36.6 Å². The van der Waals surface area contributed by atoms with Crippen molar-refractivity contribution < 1.29 is 22.7 Å². The summed E-state index contributed by atoms with van der Waals surface area (Å²) in [6.07, 6.45) is 1.59. The first-order valence-corrected chi connectivity index (χ1v) is 10.4. The largest absolute Gasteiger partial charge is 0.465 e. The number of rotatable bonds is 4. The fraction of sp³-hybridized carbons (Fsp3) is 0.500. The number of ether oxygens (including phenoxy) is 1. The summed E-state index contributed by atoms with van der Waals surface area (Å²) >= 11 is 12.3. The number of para-hydroxylation sites is 1. The summed E-state index contributed by atoms with van der Waals surface area (Å²) in [6, 6.07) is 5.18. The highest BCUT2D eigenvalue weighted by atomic mass is 35.5. The maximum Gasteiger partial charge on any atom is 0.324 e. The molecule has 1 aromatic carbocycles. The molecule has 1 unspecified atom stereocenters. The number of halogens is 2. The topological polar surface area (TPSA) is 84.0 Å². The van der Waals surface area contributed by atoms with E-state index in [0.717, 1.165) is 4.31 Å². The first-order chi connectivity index (χ1) is 12.2. The van der Waals surface area contributed by atoms with Gasteiger partial charge in [-0.15, -0.1) is 0 Å². The standard InChI is InChI=1S/C16H18Cl2N2O5S/c1-2-25-14(21)13-9-5-6-10-19(13)26(23,24)20-12-8-4-3-7-11(12)16(17,18)15(20)22/h3-4,7-8,13H,2,5-6,9-10H2,1H3. The third-order valence-corrected chi connectivity index (χ3v) is 7.04. The van der Waals surface area contributed by atoms with Gasteiger partial charge in [-0.1, -0.05) is 41.4 Å². The van der Waals surface area contributed by atoms with Crippen LogP contribution in [0.1, 0.15) is 31.7 Å². The Morgan fingerprint density at radius 3 is 2.69 bits per heavy atom. The van der Waals surface area contributed by atoms with E-state index in [9.17, 15) is 18.0 Å². The van der Waals surface area contributed by atoms with E-state index in [4.69, 9.17) is 27.9 Å². The lowest BCUT2D eigenvalue weighted by Crippen LogP contribution is -2.55. The van der Waals surface area contributed by atoms with Gasteiger partial charge < -0.3 is 4.74 Å². The summed E-state index contributed by atoms with van der Waals surface area (Å²) < 4.78 is 31.2. The van der Waals surface area contributed by atoms with Crippen molar-refractivity contribution in [3.63, 3.8) is 0 Å². The van der Waals surface area contributed by atoms with Crippen LogP contribution in [-0.4, -0.2) is 43.8 Å². The van der Waals surface area contributed by atoms with Gasteiger partial charge in [0, 0.05) is 12.1 Å². The minimum absolute atomic E-state index is 0.0932. The normalized spacial score (nSPS) is 23.0. The van der Waals surface area contributed by atoms with Gasteiger partial charge >= 0.3 is 16.2 Å². The lowest BCUT2D eigenvalue weighted by molar-refractivity contribution is -0.148. The lowest BCUT2D eigenvalue weighted by atomic mass is 10.1. The van der Waals surface area contributed by atoms with E-state index >= 15 is 0 Å². The van der Waals surface area contributed by atoms with Crippen molar-refractivity contribution in [2.24, 2.45) is 0 Å². The van der Waals surface area contributed by atoms with Gasteiger partial charge in [0.15, 0.2) is 0 Å². The minimum atomic E-state index is -4.36. The fourth-order valence-electron chi connectivity index (χ4n) is 3.26. The molecule has 1 atom stereocenters. The Hall–Kier alpha value is -1.35. The summed E-state index contributed by atoms with van der Waals surface area (Å²) in [6.45, 7) is 1.89. The van der Waals surface area contributed by atoms with Crippen LogP contribution >= 0.6 is 23.2 Å². The number of nitrogens with zero attached hydrogens (tertiary/aromatic N) is 2. The molecule has 10 heteroatoms. The lowest BCUT2D eigenvalue weighted by Gasteiger charge is -2.35. The smallest absolute Gasteiger partial charge is 0.324 e. The van der Waals surface area contributed by atoms with Crippen molar-refractivity contribution in [1.29, 1.82) is 0 Å². The zero-order valence-electron chi connectivity index (χ0n) is 14.0. The molecule has 0 spiro atoms. The number of hydrogen-bond acceptors (Lipinski definition) is 5. The molecule has 2 aliphatic rings. The molecule has 1 saturated heterocycles. The molecular formula is C16H18Cl2N2O5S. The van der Waals surface area contributed by atoms with Crippen LogP contribution in [0.25, 0.3) is 0 Å². The molecule has 7 nitrogen and oxygen atoms in total. The van der Waals surface area contributed by atoms with E-state index in [2.05, 4.69) is 0 Å². The molecule has 1 fully saturated rings. The number of carbonyl (C=O) groups excluding carboxylic acids is 2. The second-order valence-electron chi connectivity index (χ2n) is 6.04. The van der Waals surface area contributed by atoms with Gasteiger partial charge in [-0.05, 0) is 32.3 Å². The van der Waals surface area contributed by atoms with Gasteiger partial charge in [0.25, 0.3) is 5.91 Å². The van der Waals surface area contributed by atoms with Crippen molar-refractivity contribution in [1.82, 2.24) is 4.31 Å². The van der Waals surface area contributed by atoms with Crippen molar-refractivity contribution in [3.8, 4) is 0 Å². The molecule has 2 aliphatic heterocycles. The number of benzene rings is 1. The van der Waals surface area contributed by atoms with Gasteiger partial charge in [0.1, 0.15) is 6.04 Å². The molecule has 142 valence electrons. The summed E-state index contributed by atoms with van der Waals surface area (Å²) in [5.41, 5.74) is 0.289. The molecule has 1 amide bonds. The molecule has 0 N–H and O–H groups in total. The number of alkyl halides is 2. The number of hydrogen-bond donors (Lipinski definition) is 0. The van der Waals surface area contributed by atoms with Crippen LogP contribution in [0.4, 0.5) is 5.69 Å². The zero-order chi connectivity index (χ0) is 19.1. The minimum Gasteiger partial charge on any atom is -0.465 e. The highest BCUT2D eigenvalue weighted by Crippen LogP contribution is 2.49. The summed E-state index contributed by atoms with van der Waals surface area (Å²) in [5.74, 6) is -1.60. The van der Waals surface area contributed by atoms with Crippen LogP contribution in [0.5, 0.6) is 0 Å². The van der Waals surface area contributed by atoms with Gasteiger partial charge in [0.05, 0.1) is 12.3 Å². The number of piperidine rings is 1. The van der Waals surface area contributed by atoms with Crippen LogP contribution in [0.2, 0.25) is 0 Å². The Balaban J connectivity index is 2.04. The predicted molar refractivity (Wildman–Crippen MR) is 97.2 cm³/mol. The Bertz CT molecular complexity index is 843. The van der Waals surface area contributed by atoms with Crippen molar-refractivity contribution in [3.05, 3.63) is 29.8 Å².